The first-order valence-electron chi connectivity index (χ1n) is 9.03. The van der Waals surface area contributed by atoms with Crippen LogP contribution in [0.1, 0.15) is 6.42 Å². The van der Waals surface area contributed by atoms with Crippen molar-refractivity contribution in [3.8, 4) is 5.75 Å². The number of nitro groups is 1. The number of para-hydroxylation sites is 2. The van der Waals surface area contributed by atoms with E-state index in [-0.39, 0.29) is 24.6 Å². The molecule has 10 heteroatoms. The van der Waals surface area contributed by atoms with E-state index in [1.54, 1.807) is 30.3 Å². The molecule has 0 bridgehead atoms. The third-order valence-corrected chi connectivity index (χ3v) is 4.54. The molecular formula is C20H19N3O7. The van der Waals surface area contributed by atoms with Gasteiger partial charge in [0, 0.05) is 25.1 Å². The number of methoxy groups -OCH3 is 1. The predicted octanol–water partition coefficient (Wildman–Crippen LogP) is 2.14. The maximum atomic E-state index is 12.3. The molecule has 0 spiro atoms. The Morgan fingerprint density at radius 1 is 1.23 bits per heavy atom. The predicted molar refractivity (Wildman–Crippen MR) is 106 cm³/mol. The van der Waals surface area contributed by atoms with E-state index in [0.29, 0.717) is 17.1 Å². The molecule has 1 fully saturated rings. The average Bonchev–Trinajstić information content (AvgIpc) is 3.14. The molecule has 0 saturated carbocycles. The van der Waals surface area contributed by atoms with Gasteiger partial charge >= 0.3 is 5.97 Å². The normalized spacial score (nSPS) is 15.6. The molecule has 1 aliphatic rings. The van der Waals surface area contributed by atoms with Crippen LogP contribution in [0.2, 0.25) is 0 Å². The number of nitrogens with one attached hydrogen (secondary N) is 1. The Balaban J connectivity index is 1.56. The lowest BCUT2D eigenvalue weighted by molar-refractivity contribution is -0.384. The number of carbonyl (C=O) groups is 3. The van der Waals surface area contributed by atoms with Gasteiger partial charge in [-0.2, -0.15) is 0 Å². The van der Waals surface area contributed by atoms with E-state index in [1.165, 1.54) is 30.2 Å². The monoisotopic (exact) mass is 413 g/mol. The molecule has 1 saturated heterocycles. The smallest absolute Gasteiger partial charge is 0.311 e. The van der Waals surface area contributed by atoms with Gasteiger partial charge in [0.05, 0.1) is 29.3 Å². The van der Waals surface area contributed by atoms with E-state index >= 15 is 0 Å². The summed E-state index contributed by atoms with van der Waals surface area (Å²) < 4.78 is 10.2. The maximum absolute atomic E-state index is 12.3. The number of ether oxygens (including phenoxy) is 2. The zero-order chi connectivity index (χ0) is 21.7. The van der Waals surface area contributed by atoms with Crippen molar-refractivity contribution >= 4 is 34.8 Å². The molecule has 156 valence electrons. The third kappa shape index (κ3) is 4.72. The number of esters is 1. The highest BCUT2D eigenvalue weighted by molar-refractivity contribution is 6.00. The summed E-state index contributed by atoms with van der Waals surface area (Å²) in [6, 6.07) is 12.4. The van der Waals surface area contributed by atoms with Crippen LogP contribution in [0, 0.1) is 16.0 Å². The van der Waals surface area contributed by atoms with Gasteiger partial charge in [-0.25, -0.2) is 0 Å². The second-order valence-electron chi connectivity index (χ2n) is 6.54. The fraction of sp³-hybridized carbons (Fsp3) is 0.250. The van der Waals surface area contributed by atoms with Crippen LogP contribution in [0.15, 0.2) is 48.5 Å². The zero-order valence-electron chi connectivity index (χ0n) is 16.1. The summed E-state index contributed by atoms with van der Waals surface area (Å²) in [4.78, 5) is 48.3. The number of nitro benzene ring substituents is 1. The summed E-state index contributed by atoms with van der Waals surface area (Å²) in [5.74, 6) is -1.89. The van der Waals surface area contributed by atoms with Crippen LogP contribution >= 0.6 is 0 Å². The van der Waals surface area contributed by atoms with Crippen LogP contribution in [0.5, 0.6) is 5.75 Å². The maximum Gasteiger partial charge on any atom is 0.311 e. The van der Waals surface area contributed by atoms with E-state index in [1.807, 2.05) is 0 Å². The SMILES string of the molecule is COc1ccccc1NC(=O)COC(=O)[C@@H]1CC(=O)N(c2cccc([N+](=O)[O-])c2)C1. The van der Waals surface area contributed by atoms with Crippen molar-refractivity contribution in [2.75, 3.05) is 30.5 Å². The Morgan fingerprint density at radius 2 is 2.00 bits per heavy atom. The fourth-order valence-corrected chi connectivity index (χ4v) is 3.08. The summed E-state index contributed by atoms with van der Waals surface area (Å²) in [6.07, 6.45) is -0.102. The summed E-state index contributed by atoms with van der Waals surface area (Å²) in [5.41, 5.74) is 0.617. The zero-order valence-corrected chi connectivity index (χ0v) is 16.1. The molecule has 2 aromatic rings. The van der Waals surface area contributed by atoms with Crippen molar-refractivity contribution in [1.82, 2.24) is 0 Å². The number of rotatable bonds is 7. The number of hydrogen-bond acceptors (Lipinski definition) is 7. The largest absolute Gasteiger partial charge is 0.495 e. The number of carbonyl (C=O) groups excluding carboxylic acids is 3. The minimum atomic E-state index is -0.768. The Morgan fingerprint density at radius 3 is 2.73 bits per heavy atom. The van der Waals surface area contributed by atoms with Crippen LogP contribution in [-0.2, 0) is 19.1 Å². The Bertz CT molecular complexity index is 992. The first-order chi connectivity index (χ1) is 14.4. The van der Waals surface area contributed by atoms with Gasteiger partial charge in [0.15, 0.2) is 6.61 Å². The molecule has 1 aliphatic heterocycles. The van der Waals surface area contributed by atoms with Gasteiger partial charge in [0.1, 0.15) is 5.75 Å². The Labute approximate surface area is 171 Å². The van der Waals surface area contributed by atoms with Crippen LogP contribution < -0.4 is 15.0 Å². The van der Waals surface area contributed by atoms with Crippen LogP contribution in [0.3, 0.4) is 0 Å². The van der Waals surface area contributed by atoms with E-state index in [9.17, 15) is 24.5 Å². The Kier molecular flexibility index (Phi) is 6.26. The van der Waals surface area contributed by atoms with Gasteiger partial charge in [0.25, 0.3) is 11.6 Å². The van der Waals surface area contributed by atoms with E-state index in [2.05, 4.69) is 5.32 Å². The summed E-state index contributed by atoms with van der Waals surface area (Å²) >= 11 is 0. The van der Waals surface area contributed by atoms with Gasteiger partial charge in [-0.15, -0.1) is 0 Å². The molecule has 1 heterocycles. The van der Waals surface area contributed by atoms with Crippen LogP contribution in [0.4, 0.5) is 17.1 Å². The number of hydrogen-bond donors (Lipinski definition) is 1. The van der Waals surface area contributed by atoms with Gasteiger partial charge < -0.3 is 19.7 Å². The second-order valence-corrected chi connectivity index (χ2v) is 6.54. The van der Waals surface area contributed by atoms with Crippen molar-refractivity contribution in [2.45, 2.75) is 6.42 Å². The molecule has 0 radical (unpaired) electrons. The second kappa shape index (κ2) is 9.03. The molecule has 0 aromatic heterocycles. The summed E-state index contributed by atoms with van der Waals surface area (Å²) in [5, 5.41) is 13.5. The van der Waals surface area contributed by atoms with E-state index in [4.69, 9.17) is 9.47 Å². The molecular weight excluding hydrogens is 394 g/mol. The number of benzene rings is 2. The highest BCUT2D eigenvalue weighted by Crippen LogP contribution is 2.28. The fourth-order valence-electron chi connectivity index (χ4n) is 3.08. The first-order valence-corrected chi connectivity index (χ1v) is 9.03. The van der Waals surface area contributed by atoms with Crippen molar-refractivity contribution in [2.24, 2.45) is 5.92 Å². The molecule has 10 nitrogen and oxygen atoms in total. The highest BCUT2D eigenvalue weighted by Gasteiger charge is 2.36. The quantitative estimate of drug-likeness (QED) is 0.418. The summed E-state index contributed by atoms with van der Waals surface area (Å²) in [6.45, 7) is -0.495. The molecule has 3 rings (SSSR count). The van der Waals surface area contributed by atoms with Gasteiger partial charge in [-0.05, 0) is 18.2 Å². The Hall–Kier alpha value is -3.95. The van der Waals surface area contributed by atoms with Gasteiger partial charge in [0.2, 0.25) is 5.91 Å². The molecule has 2 amide bonds. The number of amides is 2. The number of anilines is 2. The van der Waals surface area contributed by atoms with Crippen molar-refractivity contribution < 1.29 is 28.8 Å². The minimum Gasteiger partial charge on any atom is -0.495 e. The molecule has 30 heavy (non-hydrogen) atoms. The third-order valence-electron chi connectivity index (χ3n) is 4.54. The lowest BCUT2D eigenvalue weighted by Crippen LogP contribution is -2.28. The number of nitrogens with zero attached hydrogens (tertiary/aromatic N) is 2. The highest BCUT2D eigenvalue weighted by atomic mass is 16.6. The van der Waals surface area contributed by atoms with Gasteiger partial charge in [-0.1, -0.05) is 18.2 Å². The molecule has 0 unspecified atom stereocenters. The average molecular weight is 413 g/mol. The van der Waals surface area contributed by atoms with E-state index in [0.717, 1.165) is 0 Å². The molecule has 0 aliphatic carbocycles. The van der Waals surface area contributed by atoms with Gasteiger partial charge in [-0.3, -0.25) is 24.5 Å². The molecule has 2 aromatic carbocycles. The molecule has 1 atom stereocenters. The lowest BCUT2D eigenvalue weighted by Gasteiger charge is -2.16. The molecule has 1 N–H and O–H groups in total. The topological polar surface area (TPSA) is 128 Å². The standard InChI is InChI=1S/C20H19N3O7/c1-29-17-8-3-2-7-16(17)21-18(24)12-30-20(26)13-9-19(25)22(11-13)14-5-4-6-15(10-14)23(27)28/h2-8,10,13H,9,11-12H2,1H3,(H,21,24)/t13-/m1/s1. The summed E-state index contributed by atoms with van der Waals surface area (Å²) in [7, 11) is 1.47. The van der Waals surface area contributed by atoms with Crippen LogP contribution in [0.25, 0.3) is 0 Å². The van der Waals surface area contributed by atoms with Crippen molar-refractivity contribution in [3.63, 3.8) is 0 Å². The van der Waals surface area contributed by atoms with Crippen LogP contribution in [-0.4, -0.2) is 43.0 Å². The first kappa shape index (κ1) is 20.8. The van der Waals surface area contributed by atoms with E-state index < -0.39 is 29.3 Å². The van der Waals surface area contributed by atoms with Crippen molar-refractivity contribution in [1.29, 1.82) is 0 Å². The van der Waals surface area contributed by atoms with Crippen molar-refractivity contribution in [3.05, 3.63) is 58.6 Å². The number of non-ortho nitro benzene ring substituents is 1. The lowest BCUT2D eigenvalue weighted by atomic mass is 10.1. The minimum absolute atomic E-state index is 0.0208.